The van der Waals surface area contributed by atoms with Crippen LogP contribution in [0.5, 0.6) is 0 Å². The summed E-state index contributed by atoms with van der Waals surface area (Å²) in [4.78, 5) is 40.4. The van der Waals surface area contributed by atoms with Crippen molar-refractivity contribution in [2.45, 2.75) is 19.8 Å². The first-order valence-corrected chi connectivity index (χ1v) is 9.84. The maximum atomic E-state index is 12.9. The molecule has 1 aromatic rings. The van der Waals surface area contributed by atoms with Gasteiger partial charge in [-0.05, 0) is 0 Å². The van der Waals surface area contributed by atoms with Crippen LogP contribution in [0.3, 0.4) is 0 Å². The van der Waals surface area contributed by atoms with Crippen molar-refractivity contribution < 1.29 is 24.0 Å². The molecule has 1 atom stereocenters. The number of nitro groups is 1. The van der Waals surface area contributed by atoms with Gasteiger partial charge in [0.05, 0.1) is 0 Å². The average Bonchev–Trinajstić information content (AvgIpc) is 2.71. The molecule has 0 bridgehead atoms. The van der Waals surface area contributed by atoms with Gasteiger partial charge in [0, 0.05) is 0 Å². The molecule has 1 unspecified atom stereocenters. The topological polar surface area (TPSA) is 146 Å². The molecule has 2 rings (SSSR count). The Morgan fingerprint density at radius 3 is 2.60 bits per heavy atom. The molecule has 0 aromatic heterocycles. The van der Waals surface area contributed by atoms with Gasteiger partial charge in [0.15, 0.2) is 0 Å². The Bertz CT molecular complexity index is 966. The van der Waals surface area contributed by atoms with E-state index >= 15 is 0 Å². The molecule has 0 aliphatic carbocycles. The van der Waals surface area contributed by atoms with Crippen molar-refractivity contribution in [3.63, 3.8) is 0 Å². The Balaban J connectivity index is 2.79. The fourth-order valence-corrected chi connectivity index (χ4v) is 3.31. The molecular formula is C19H22N4O6Se. The maximum absolute atomic E-state index is 12.9. The molecule has 10 nitrogen and oxygen atoms in total. The predicted octanol–water partition coefficient (Wildman–Crippen LogP) is 0.761. The van der Waals surface area contributed by atoms with Crippen molar-refractivity contribution in [1.29, 1.82) is 0 Å². The fraction of sp³-hybridized carbons (Fsp3) is 0.316. The molecule has 1 heterocycles. The number of methoxy groups -OCH3 is 1. The summed E-state index contributed by atoms with van der Waals surface area (Å²) in [6.07, 6.45) is 0. The van der Waals surface area contributed by atoms with Crippen LogP contribution in [0, 0.1) is 10.1 Å². The van der Waals surface area contributed by atoms with Crippen molar-refractivity contribution in [1.82, 2.24) is 5.32 Å². The second-order valence-corrected chi connectivity index (χ2v) is 7.19. The van der Waals surface area contributed by atoms with Gasteiger partial charge in [0.25, 0.3) is 0 Å². The number of nitrogens with two attached hydrogens (primary N) is 1. The van der Waals surface area contributed by atoms with E-state index in [2.05, 4.69) is 26.3 Å². The molecule has 1 aliphatic heterocycles. The SMILES string of the molecule is CCOC(=O)C1=C(CN=C(N)[SeH])NC(C)=C(C(=O)OC)C1c1cccc([N+](=O)[O-])c1. The molecule has 0 saturated carbocycles. The molecule has 1 aliphatic rings. The molecule has 0 saturated heterocycles. The monoisotopic (exact) mass is 482 g/mol. The average molecular weight is 481 g/mol. The molecule has 0 radical (unpaired) electrons. The summed E-state index contributed by atoms with van der Waals surface area (Å²) in [5, 5.41) is 14.3. The number of esters is 2. The molecular weight excluding hydrogens is 459 g/mol. The van der Waals surface area contributed by atoms with Gasteiger partial charge >= 0.3 is 181 Å². The zero-order chi connectivity index (χ0) is 22.4. The van der Waals surface area contributed by atoms with Gasteiger partial charge in [0.1, 0.15) is 0 Å². The summed E-state index contributed by atoms with van der Waals surface area (Å²) in [5.74, 6) is -2.30. The van der Waals surface area contributed by atoms with Crippen LogP contribution in [-0.4, -0.2) is 57.9 Å². The number of carbonyl (C=O) groups is 2. The number of rotatable bonds is 7. The molecule has 3 N–H and O–H groups in total. The number of aliphatic imine (C=N–C) groups is 1. The number of ether oxygens (including phenoxy) is 2. The van der Waals surface area contributed by atoms with E-state index in [1.807, 2.05) is 0 Å². The van der Waals surface area contributed by atoms with Crippen LogP contribution < -0.4 is 11.1 Å². The van der Waals surface area contributed by atoms with Gasteiger partial charge < -0.3 is 0 Å². The van der Waals surface area contributed by atoms with Crippen LogP contribution in [0.4, 0.5) is 5.69 Å². The van der Waals surface area contributed by atoms with Gasteiger partial charge in [-0.1, -0.05) is 0 Å². The Morgan fingerprint density at radius 2 is 2.03 bits per heavy atom. The van der Waals surface area contributed by atoms with Crippen LogP contribution in [0.1, 0.15) is 25.3 Å². The first-order chi connectivity index (χ1) is 14.2. The summed E-state index contributed by atoms with van der Waals surface area (Å²) in [6.45, 7) is 3.42. The van der Waals surface area contributed by atoms with Crippen LogP contribution >= 0.6 is 0 Å². The molecule has 0 amide bonds. The summed E-state index contributed by atoms with van der Waals surface area (Å²) in [6, 6.07) is 5.73. The summed E-state index contributed by atoms with van der Waals surface area (Å²) in [5.41, 5.74) is 6.88. The van der Waals surface area contributed by atoms with Crippen molar-refractivity contribution in [3.8, 4) is 0 Å². The molecule has 1 aromatic carbocycles. The number of non-ortho nitro benzene ring substituents is 1. The third kappa shape index (κ3) is 5.05. The van der Waals surface area contributed by atoms with E-state index in [4.69, 9.17) is 15.2 Å². The number of allylic oxidation sites excluding steroid dienone is 1. The molecule has 160 valence electrons. The van der Waals surface area contributed by atoms with Gasteiger partial charge in [-0.3, -0.25) is 0 Å². The Morgan fingerprint density at radius 1 is 1.33 bits per heavy atom. The Kier molecular flexibility index (Phi) is 7.73. The van der Waals surface area contributed by atoms with Gasteiger partial charge in [-0.25, -0.2) is 0 Å². The number of nitrogens with one attached hydrogen (secondary N) is 1. The van der Waals surface area contributed by atoms with Crippen LogP contribution in [0.15, 0.2) is 51.8 Å². The normalized spacial score (nSPS) is 16.8. The third-order valence-corrected chi connectivity index (χ3v) is 4.66. The van der Waals surface area contributed by atoms with Crippen LogP contribution in [0.2, 0.25) is 0 Å². The van der Waals surface area contributed by atoms with E-state index in [0.717, 1.165) is 0 Å². The number of hydrogen-bond donors (Lipinski definition) is 2. The number of nitro benzene ring substituents is 1. The second kappa shape index (κ2) is 10.0. The summed E-state index contributed by atoms with van der Waals surface area (Å²) >= 11 is 2.08. The summed E-state index contributed by atoms with van der Waals surface area (Å²) < 4.78 is 10.4. The minimum absolute atomic E-state index is 0.0198. The fourth-order valence-electron chi connectivity index (χ4n) is 3.16. The number of hydrogen-bond acceptors (Lipinski definition) is 8. The zero-order valence-electron chi connectivity index (χ0n) is 16.7. The first-order valence-electron chi connectivity index (χ1n) is 8.90. The van der Waals surface area contributed by atoms with E-state index in [1.54, 1.807) is 19.9 Å². The Hall–Kier alpha value is -3.17. The quantitative estimate of drug-likeness (QED) is 0.145. The number of nitrogens with zero attached hydrogens (tertiary/aromatic N) is 2. The van der Waals surface area contributed by atoms with Gasteiger partial charge in [-0.15, -0.1) is 0 Å². The Labute approximate surface area is 181 Å². The van der Waals surface area contributed by atoms with Gasteiger partial charge in [-0.2, -0.15) is 0 Å². The molecule has 0 spiro atoms. The van der Waals surface area contributed by atoms with Crippen molar-refractivity contribution in [2.24, 2.45) is 10.7 Å². The third-order valence-electron chi connectivity index (χ3n) is 4.36. The van der Waals surface area contributed by atoms with Gasteiger partial charge in [0.2, 0.25) is 0 Å². The zero-order valence-corrected chi connectivity index (χ0v) is 18.5. The standard InChI is InChI=1S/C19H22N4O6Se/c1-4-29-18(25)16-13(9-21-19(20)30)22-10(2)14(17(24)28-3)15(16)11-6-5-7-12(8-11)23(26)27/h5-8,15,22H,4,9H2,1-3H3,(H3,20,21,30). The van der Waals surface area contributed by atoms with Crippen molar-refractivity contribution >= 4 is 38.4 Å². The minimum atomic E-state index is -0.949. The number of benzene rings is 1. The second-order valence-electron chi connectivity index (χ2n) is 6.23. The van der Waals surface area contributed by atoms with E-state index < -0.39 is 22.8 Å². The predicted molar refractivity (Wildman–Crippen MR) is 111 cm³/mol. The van der Waals surface area contributed by atoms with E-state index in [1.165, 1.54) is 25.3 Å². The van der Waals surface area contributed by atoms with Crippen LogP contribution in [-0.2, 0) is 19.1 Å². The summed E-state index contributed by atoms with van der Waals surface area (Å²) in [7, 11) is 1.22. The van der Waals surface area contributed by atoms with Crippen molar-refractivity contribution in [3.05, 3.63) is 62.5 Å². The molecule has 11 heteroatoms. The van der Waals surface area contributed by atoms with Crippen LogP contribution in [0.25, 0.3) is 0 Å². The van der Waals surface area contributed by atoms with E-state index in [-0.39, 0.29) is 34.7 Å². The molecule has 30 heavy (non-hydrogen) atoms. The van der Waals surface area contributed by atoms with E-state index in [0.29, 0.717) is 17.0 Å². The number of dihydropyridines is 1. The van der Waals surface area contributed by atoms with E-state index in [9.17, 15) is 19.7 Å². The van der Waals surface area contributed by atoms with Crippen molar-refractivity contribution in [2.75, 3.05) is 20.3 Å². The number of amidine groups is 1. The molecule has 0 fully saturated rings. The number of carbonyl (C=O) groups excluding carboxylic acids is 2. The first kappa shape index (κ1) is 23.1.